The second-order valence-corrected chi connectivity index (χ2v) is 3.64. The topological polar surface area (TPSA) is 86.5 Å². The van der Waals surface area contributed by atoms with Crippen molar-refractivity contribution in [2.75, 3.05) is 6.61 Å². The molecule has 1 rings (SSSR count). The van der Waals surface area contributed by atoms with Gasteiger partial charge in [-0.2, -0.15) is 0 Å². The van der Waals surface area contributed by atoms with E-state index in [1.54, 1.807) is 6.92 Å². The van der Waals surface area contributed by atoms with E-state index >= 15 is 0 Å². The summed E-state index contributed by atoms with van der Waals surface area (Å²) < 4.78 is 4.73. The summed E-state index contributed by atoms with van der Waals surface area (Å²) in [4.78, 5) is 32.7. The van der Waals surface area contributed by atoms with Crippen molar-refractivity contribution < 1.29 is 19.2 Å². The Morgan fingerprint density at radius 3 is 2.56 bits per heavy atom. The molecule has 0 spiro atoms. The normalized spacial score (nSPS) is 9.89. The first-order valence-electron chi connectivity index (χ1n) is 5.39. The molecule has 0 aliphatic carbocycles. The number of hydrogen-bond donors (Lipinski definition) is 0. The maximum atomic E-state index is 11.3. The minimum atomic E-state index is -0.610. The van der Waals surface area contributed by atoms with Crippen molar-refractivity contribution in [3.63, 3.8) is 0 Å². The Balaban J connectivity index is 3.08. The van der Waals surface area contributed by atoms with Crippen LogP contribution >= 0.6 is 0 Å². The van der Waals surface area contributed by atoms with Gasteiger partial charge in [-0.05, 0) is 13.8 Å². The summed E-state index contributed by atoms with van der Waals surface area (Å²) in [7, 11) is 0. The molecule has 96 valence electrons. The fraction of sp³-hybridized carbons (Fsp3) is 0.333. The molecule has 6 heteroatoms. The minimum absolute atomic E-state index is 0.178. The summed E-state index contributed by atoms with van der Waals surface area (Å²) >= 11 is 0. The molecule has 0 unspecified atom stereocenters. The van der Waals surface area contributed by atoms with Gasteiger partial charge in [-0.25, -0.2) is 0 Å². The SMILES string of the molecule is CCOC(=O)Cc1ccc(C(C)=O)cc1[N+](=O)[O-]. The van der Waals surface area contributed by atoms with E-state index in [0.717, 1.165) is 0 Å². The maximum absolute atomic E-state index is 11.3. The highest BCUT2D eigenvalue weighted by atomic mass is 16.6. The van der Waals surface area contributed by atoms with Crippen molar-refractivity contribution in [1.82, 2.24) is 0 Å². The van der Waals surface area contributed by atoms with Crippen LogP contribution in [0.15, 0.2) is 18.2 Å². The second kappa shape index (κ2) is 5.90. The zero-order chi connectivity index (χ0) is 13.7. The summed E-state index contributed by atoms with van der Waals surface area (Å²) in [6.07, 6.45) is -0.178. The van der Waals surface area contributed by atoms with E-state index in [1.807, 2.05) is 0 Å². The first kappa shape index (κ1) is 13.8. The van der Waals surface area contributed by atoms with Gasteiger partial charge in [-0.15, -0.1) is 0 Å². The van der Waals surface area contributed by atoms with Gasteiger partial charge in [0.2, 0.25) is 0 Å². The molecular weight excluding hydrogens is 238 g/mol. The van der Waals surface area contributed by atoms with Crippen LogP contribution in [0.2, 0.25) is 0 Å². The molecule has 0 aliphatic rings. The van der Waals surface area contributed by atoms with Crippen LogP contribution in [0.1, 0.15) is 29.8 Å². The summed E-state index contributed by atoms with van der Waals surface area (Å²) in [5.41, 5.74) is 0.244. The molecule has 0 bridgehead atoms. The Labute approximate surface area is 104 Å². The maximum Gasteiger partial charge on any atom is 0.310 e. The standard InChI is InChI=1S/C12H13NO5/c1-3-18-12(15)7-10-5-4-9(8(2)14)6-11(10)13(16)17/h4-6H,3,7H2,1-2H3. The Hall–Kier alpha value is -2.24. The van der Waals surface area contributed by atoms with Gasteiger partial charge < -0.3 is 4.74 Å². The summed E-state index contributed by atoms with van der Waals surface area (Å²) in [5.74, 6) is -0.794. The lowest BCUT2D eigenvalue weighted by Gasteiger charge is -2.04. The van der Waals surface area contributed by atoms with E-state index in [1.165, 1.54) is 25.1 Å². The van der Waals surface area contributed by atoms with Crippen LogP contribution in [0.3, 0.4) is 0 Å². The molecule has 0 heterocycles. The summed E-state index contributed by atoms with van der Waals surface area (Å²) in [5, 5.41) is 10.9. The van der Waals surface area contributed by atoms with E-state index in [-0.39, 0.29) is 35.6 Å². The van der Waals surface area contributed by atoms with Crippen LogP contribution in [0.5, 0.6) is 0 Å². The third-order valence-corrected chi connectivity index (χ3v) is 2.33. The van der Waals surface area contributed by atoms with Gasteiger partial charge >= 0.3 is 5.97 Å². The summed E-state index contributed by atoms with van der Waals surface area (Å²) in [6, 6.07) is 4.05. The lowest BCUT2D eigenvalue weighted by atomic mass is 10.0. The van der Waals surface area contributed by atoms with Crippen LogP contribution in [0, 0.1) is 10.1 Å². The Bertz CT molecular complexity index is 495. The van der Waals surface area contributed by atoms with Crippen molar-refractivity contribution in [2.45, 2.75) is 20.3 Å². The quantitative estimate of drug-likeness (QED) is 0.345. The zero-order valence-corrected chi connectivity index (χ0v) is 10.1. The third-order valence-electron chi connectivity index (χ3n) is 2.33. The van der Waals surface area contributed by atoms with Gasteiger partial charge in [0.25, 0.3) is 5.69 Å². The number of carbonyl (C=O) groups excluding carboxylic acids is 2. The fourth-order valence-corrected chi connectivity index (χ4v) is 1.47. The molecule has 0 saturated heterocycles. The van der Waals surface area contributed by atoms with Gasteiger partial charge in [0, 0.05) is 17.2 Å². The number of nitro groups is 1. The van der Waals surface area contributed by atoms with Crippen molar-refractivity contribution in [2.24, 2.45) is 0 Å². The van der Waals surface area contributed by atoms with Crippen LogP contribution in [-0.2, 0) is 16.0 Å². The predicted molar refractivity (Wildman–Crippen MR) is 63.4 cm³/mol. The molecular formula is C12H13NO5. The highest BCUT2D eigenvalue weighted by Crippen LogP contribution is 2.21. The van der Waals surface area contributed by atoms with E-state index in [0.29, 0.717) is 0 Å². The lowest BCUT2D eigenvalue weighted by molar-refractivity contribution is -0.385. The average molecular weight is 251 g/mol. The van der Waals surface area contributed by atoms with E-state index < -0.39 is 10.9 Å². The molecule has 1 aromatic carbocycles. The number of ketones is 1. The van der Waals surface area contributed by atoms with Crippen molar-refractivity contribution in [1.29, 1.82) is 0 Å². The number of nitrogens with zero attached hydrogens (tertiary/aromatic N) is 1. The summed E-state index contributed by atoms with van der Waals surface area (Å²) in [6.45, 7) is 3.20. The molecule has 0 saturated carbocycles. The number of rotatable bonds is 5. The number of hydrogen-bond acceptors (Lipinski definition) is 5. The Morgan fingerprint density at radius 1 is 1.39 bits per heavy atom. The van der Waals surface area contributed by atoms with Crippen molar-refractivity contribution >= 4 is 17.4 Å². The largest absolute Gasteiger partial charge is 0.466 e. The van der Waals surface area contributed by atoms with Gasteiger partial charge in [0.1, 0.15) is 0 Å². The van der Waals surface area contributed by atoms with Crippen molar-refractivity contribution in [3.05, 3.63) is 39.4 Å². The molecule has 6 nitrogen and oxygen atoms in total. The smallest absolute Gasteiger partial charge is 0.310 e. The van der Waals surface area contributed by atoms with Crippen LogP contribution < -0.4 is 0 Å². The number of nitro benzene ring substituents is 1. The number of benzene rings is 1. The third kappa shape index (κ3) is 3.38. The van der Waals surface area contributed by atoms with E-state index in [4.69, 9.17) is 4.74 Å². The molecule has 0 atom stereocenters. The highest BCUT2D eigenvalue weighted by molar-refractivity contribution is 5.95. The molecule has 0 N–H and O–H groups in total. The molecule has 0 fully saturated rings. The molecule has 0 aliphatic heterocycles. The molecule has 0 amide bonds. The van der Waals surface area contributed by atoms with Crippen LogP contribution in [-0.4, -0.2) is 23.3 Å². The monoisotopic (exact) mass is 251 g/mol. The Morgan fingerprint density at radius 2 is 2.06 bits per heavy atom. The zero-order valence-electron chi connectivity index (χ0n) is 10.1. The molecule has 0 aromatic heterocycles. The Kier molecular flexibility index (Phi) is 4.53. The van der Waals surface area contributed by atoms with Crippen molar-refractivity contribution in [3.8, 4) is 0 Å². The number of ether oxygens (including phenoxy) is 1. The lowest BCUT2D eigenvalue weighted by Crippen LogP contribution is -2.09. The van der Waals surface area contributed by atoms with Gasteiger partial charge in [0.05, 0.1) is 18.0 Å². The number of esters is 1. The fourth-order valence-electron chi connectivity index (χ4n) is 1.47. The minimum Gasteiger partial charge on any atom is -0.466 e. The molecule has 0 radical (unpaired) electrons. The predicted octanol–water partition coefficient (Wildman–Crippen LogP) is 1.90. The van der Waals surface area contributed by atoms with Gasteiger partial charge in [-0.1, -0.05) is 12.1 Å². The molecule has 18 heavy (non-hydrogen) atoms. The first-order chi connectivity index (χ1) is 8.45. The van der Waals surface area contributed by atoms with Gasteiger partial charge in [-0.3, -0.25) is 19.7 Å². The van der Waals surface area contributed by atoms with E-state index in [9.17, 15) is 19.7 Å². The van der Waals surface area contributed by atoms with Crippen LogP contribution in [0.4, 0.5) is 5.69 Å². The highest BCUT2D eigenvalue weighted by Gasteiger charge is 2.18. The number of Topliss-reactive ketones (excluding diaryl/α,β-unsaturated/α-hetero) is 1. The average Bonchev–Trinajstić information content (AvgIpc) is 2.29. The second-order valence-electron chi connectivity index (χ2n) is 3.64. The first-order valence-corrected chi connectivity index (χ1v) is 5.39. The molecule has 1 aromatic rings. The van der Waals surface area contributed by atoms with Crippen LogP contribution in [0.25, 0.3) is 0 Å². The number of carbonyl (C=O) groups is 2. The van der Waals surface area contributed by atoms with Gasteiger partial charge in [0.15, 0.2) is 5.78 Å². The van der Waals surface area contributed by atoms with E-state index in [2.05, 4.69) is 0 Å².